The predicted octanol–water partition coefficient (Wildman–Crippen LogP) is 2.29. The van der Waals surface area contributed by atoms with Gasteiger partial charge in [0.2, 0.25) is 10.0 Å². The van der Waals surface area contributed by atoms with Gasteiger partial charge in [-0.15, -0.1) is 0 Å². The standard InChI is InChI=1S/C12H17BrN2O2S/c1-18(16,17)15-8-6-10(7-9-15)14-12-5-3-2-4-11(12)13/h2-5,10,14H,6-9H2,1H3. The SMILES string of the molecule is CS(=O)(=O)N1CCC(Nc2ccccc2Br)CC1. The lowest BCUT2D eigenvalue weighted by Crippen LogP contribution is -2.41. The number of rotatable bonds is 3. The van der Waals surface area contributed by atoms with Gasteiger partial charge in [0.15, 0.2) is 0 Å². The van der Waals surface area contributed by atoms with Crippen molar-refractivity contribution in [2.75, 3.05) is 24.7 Å². The van der Waals surface area contributed by atoms with Crippen molar-refractivity contribution in [1.82, 2.24) is 4.31 Å². The molecule has 0 unspecified atom stereocenters. The lowest BCUT2D eigenvalue weighted by Gasteiger charge is -2.31. The number of piperidine rings is 1. The average Bonchev–Trinajstić information content (AvgIpc) is 2.32. The fraction of sp³-hybridized carbons (Fsp3) is 0.500. The van der Waals surface area contributed by atoms with E-state index in [4.69, 9.17) is 0 Å². The number of para-hydroxylation sites is 1. The smallest absolute Gasteiger partial charge is 0.211 e. The summed E-state index contributed by atoms with van der Waals surface area (Å²) in [5, 5.41) is 3.45. The lowest BCUT2D eigenvalue weighted by atomic mass is 10.1. The first-order chi connectivity index (χ1) is 8.47. The van der Waals surface area contributed by atoms with Crippen LogP contribution in [0.3, 0.4) is 0 Å². The Hall–Kier alpha value is -0.590. The van der Waals surface area contributed by atoms with Crippen LogP contribution >= 0.6 is 15.9 Å². The number of sulfonamides is 1. The van der Waals surface area contributed by atoms with Gasteiger partial charge in [-0.2, -0.15) is 0 Å². The molecular weight excluding hydrogens is 316 g/mol. The maximum absolute atomic E-state index is 11.4. The molecule has 1 heterocycles. The second-order valence-electron chi connectivity index (χ2n) is 4.56. The molecule has 0 saturated carbocycles. The maximum atomic E-state index is 11.4. The van der Waals surface area contributed by atoms with Gasteiger partial charge in [-0.1, -0.05) is 12.1 Å². The molecule has 1 fully saturated rings. The minimum atomic E-state index is -3.03. The molecule has 0 atom stereocenters. The number of anilines is 1. The molecule has 100 valence electrons. The van der Waals surface area contributed by atoms with Gasteiger partial charge in [-0.3, -0.25) is 0 Å². The highest BCUT2D eigenvalue weighted by Crippen LogP contribution is 2.24. The van der Waals surface area contributed by atoms with Crippen molar-refractivity contribution in [3.05, 3.63) is 28.7 Å². The van der Waals surface area contributed by atoms with E-state index in [0.29, 0.717) is 19.1 Å². The predicted molar refractivity (Wildman–Crippen MR) is 77.2 cm³/mol. The zero-order chi connectivity index (χ0) is 13.2. The summed E-state index contributed by atoms with van der Waals surface area (Å²) in [6.07, 6.45) is 2.96. The van der Waals surface area contributed by atoms with E-state index in [9.17, 15) is 8.42 Å². The molecule has 1 aliphatic heterocycles. The molecule has 0 aliphatic carbocycles. The number of halogens is 1. The van der Waals surface area contributed by atoms with Crippen molar-refractivity contribution in [3.63, 3.8) is 0 Å². The number of benzene rings is 1. The summed E-state index contributed by atoms with van der Waals surface area (Å²) >= 11 is 3.50. The van der Waals surface area contributed by atoms with Gasteiger partial charge < -0.3 is 5.32 Å². The van der Waals surface area contributed by atoms with Crippen LogP contribution in [0.25, 0.3) is 0 Å². The van der Waals surface area contributed by atoms with Crippen LogP contribution in [0.15, 0.2) is 28.7 Å². The molecule has 4 nitrogen and oxygen atoms in total. The highest BCUT2D eigenvalue weighted by molar-refractivity contribution is 9.10. The van der Waals surface area contributed by atoms with Crippen LogP contribution in [-0.4, -0.2) is 38.1 Å². The second kappa shape index (κ2) is 5.59. The van der Waals surface area contributed by atoms with E-state index in [2.05, 4.69) is 21.2 Å². The Morgan fingerprint density at radius 3 is 2.44 bits per heavy atom. The van der Waals surface area contributed by atoms with Crippen molar-refractivity contribution in [2.45, 2.75) is 18.9 Å². The first kappa shape index (κ1) is 13.8. The summed E-state index contributed by atoms with van der Waals surface area (Å²) in [7, 11) is -3.03. The first-order valence-electron chi connectivity index (χ1n) is 5.93. The van der Waals surface area contributed by atoms with E-state index in [-0.39, 0.29) is 0 Å². The van der Waals surface area contributed by atoms with E-state index < -0.39 is 10.0 Å². The summed E-state index contributed by atoms with van der Waals surface area (Å²) in [6.45, 7) is 1.20. The van der Waals surface area contributed by atoms with Crippen LogP contribution < -0.4 is 5.32 Å². The van der Waals surface area contributed by atoms with E-state index in [1.54, 1.807) is 4.31 Å². The van der Waals surface area contributed by atoms with Crippen LogP contribution in [0.5, 0.6) is 0 Å². The molecule has 1 aliphatic rings. The monoisotopic (exact) mass is 332 g/mol. The molecule has 1 aromatic carbocycles. The maximum Gasteiger partial charge on any atom is 0.211 e. The minimum absolute atomic E-state index is 0.335. The summed E-state index contributed by atoms with van der Waals surface area (Å²) in [5.41, 5.74) is 1.07. The van der Waals surface area contributed by atoms with Gasteiger partial charge in [-0.05, 0) is 40.9 Å². The Kier molecular flexibility index (Phi) is 4.29. The van der Waals surface area contributed by atoms with Gasteiger partial charge >= 0.3 is 0 Å². The molecule has 18 heavy (non-hydrogen) atoms. The lowest BCUT2D eigenvalue weighted by molar-refractivity contribution is 0.332. The number of hydrogen-bond acceptors (Lipinski definition) is 3. The van der Waals surface area contributed by atoms with Gasteiger partial charge in [0, 0.05) is 29.3 Å². The van der Waals surface area contributed by atoms with Gasteiger partial charge in [0.1, 0.15) is 0 Å². The molecule has 0 radical (unpaired) electrons. The fourth-order valence-electron chi connectivity index (χ4n) is 2.13. The van der Waals surface area contributed by atoms with Gasteiger partial charge in [0.05, 0.1) is 6.26 Å². The summed E-state index contributed by atoms with van der Waals surface area (Å²) < 4.78 is 25.4. The number of hydrogen-bond donors (Lipinski definition) is 1. The number of nitrogens with zero attached hydrogens (tertiary/aromatic N) is 1. The normalized spacial score (nSPS) is 18.8. The third-order valence-corrected chi connectivity index (χ3v) is 5.15. The number of nitrogens with one attached hydrogen (secondary N) is 1. The Labute approximate surface area is 117 Å². The molecule has 0 amide bonds. The molecule has 0 aromatic heterocycles. The largest absolute Gasteiger partial charge is 0.381 e. The van der Waals surface area contributed by atoms with Crippen LogP contribution in [-0.2, 0) is 10.0 Å². The zero-order valence-electron chi connectivity index (χ0n) is 10.3. The summed E-state index contributed by atoms with van der Waals surface area (Å²) in [6, 6.07) is 8.31. The molecule has 6 heteroatoms. The van der Waals surface area contributed by atoms with E-state index in [1.807, 2.05) is 24.3 Å². The quantitative estimate of drug-likeness (QED) is 0.923. The van der Waals surface area contributed by atoms with Crippen LogP contribution in [0.4, 0.5) is 5.69 Å². The Bertz CT molecular complexity index is 511. The van der Waals surface area contributed by atoms with Crippen LogP contribution in [0.1, 0.15) is 12.8 Å². The zero-order valence-corrected chi connectivity index (χ0v) is 12.7. The molecule has 0 spiro atoms. The Morgan fingerprint density at radius 2 is 1.89 bits per heavy atom. The second-order valence-corrected chi connectivity index (χ2v) is 7.40. The van der Waals surface area contributed by atoms with E-state index in [1.165, 1.54) is 6.26 Å². The van der Waals surface area contributed by atoms with Crippen molar-refractivity contribution in [3.8, 4) is 0 Å². The highest BCUT2D eigenvalue weighted by Gasteiger charge is 2.24. The van der Waals surface area contributed by atoms with Crippen molar-refractivity contribution >= 4 is 31.6 Å². The first-order valence-corrected chi connectivity index (χ1v) is 8.57. The van der Waals surface area contributed by atoms with Crippen LogP contribution in [0.2, 0.25) is 0 Å². The molecule has 1 N–H and O–H groups in total. The van der Waals surface area contributed by atoms with E-state index in [0.717, 1.165) is 23.0 Å². The van der Waals surface area contributed by atoms with E-state index >= 15 is 0 Å². The summed E-state index contributed by atoms with van der Waals surface area (Å²) in [5.74, 6) is 0. The van der Waals surface area contributed by atoms with Gasteiger partial charge in [-0.25, -0.2) is 12.7 Å². The van der Waals surface area contributed by atoms with Gasteiger partial charge in [0.25, 0.3) is 0 Å². The third kappa shape index (κ3) is 3.46. The fourth-order valence-corrected chi connectivity index (χ4v) is 3.40. The molecule has 0 bridgehead atoms. The Balaban J connectivity index is 1.94. The molecular formula is C12H17BrN2O2S. The van der Waals surface area contributed by atoms with Crippen LogP contribution in [0, 0.1) is 0 Å². The van der Waals surface area contributed by atoms with Crippen molar-refractivity contribution in [1.29, 1.82) is 0 Å². The van der Waals surface area contributed by atoms with Crippen molar-refractivity contribution in [2.24, 2.45) is 0 Å². The minimum Gasteiger partial charge on any atom is -0.381 e. The topological polar surface area (TPSA) is 49.4 Å². The molecule has 1 saturated heterocycles. The third-order valence-electron chi connectivity index (χ3n) is 3.16. The Morgan fingerprint density at radius 1 is 1.28 bits per heavy atom. The highest BCUT2D eigenvalue weighted by atomic mass is 79.9. The molecule has 1 aromatic rings. The molecule has 2 rings (SSSR count). The van der Waals surface area contributed by atoms with Crippen molar-refractivity contribution < 1.29 is 8.42 Å². The average molecular weight is 333 g/mol. The summed E-state index contributed by atoms with van der Waals surface area (Å²) in [4.78, 5) is 0.